The topological polar surface area (TPSA) is 116 Å². The largest absolute Gasteiger partial charge is 0.463 e. The summed E-state index contributed by atoms with van der Waals surface area (Å²) in [5.41, 5.74) is 3.65. The maximum absolute atomic E-state index is 14.1. The summed E-state index contributed by atoms with van der Waals surface area (Å²) in [6.45, 7) is 10.2. The van der Waals surface area contributed by atoms with E-state index in [0.717, 1.165) is 16.8 Å². The number of hydrogen-bond acceptors (Lipinski definition) is 9. The molecule has 1 aromatic heterocycles. The summed E-state index contributed by atoms with van der Waals surface area (Å²) in [6, 6.07) is 11.8. The third kappa shape index (κ3) is 5.59. The Morgan fingerprint density at radius 3 is 2.56 bits per heavy atom. The molecule has 214 valence electrons. The molecule has 1 saturated heterocycles. The van der Waals surface area contributed by atoms with Crippen LogP contribution in [0.4, 0.5) is 11.4 Å². The highest BCUT2D eigenvalue weighted by atomic mass is 32.1. The van der Waals surface area contributed by atoms with E-state index in [0.29, 0.717) is 58.4 Å². The van der Waals surface area contributed by atoms with Crippen molar-refractivity contribution in [2.75, 3.05) is 37.8 Å². The average molecular weight is 577 g/mol. The number of hydrogen-bond donors (Lipinski definition) is 0. The van der Waals surface area contributed by atoms with Crippen LogP contribution < -0.4 is 19.8 Å². The van der Waals surface area contributed by atoms with E-state index < -0.39 is 16.9 Å². The van der Waals surface area contributed by atoms with Gasteiger partial charge in [-0.1, -0.05) is 49.4 Å². The molecule has 0 spiro atoms. The minimum absolute atomic E-state index is 0.0652. The molecule has 0 bridgehead atoms. The molecule has 2 aromatic carbocycles. The standard InChI is InChI=1S/C30H32N4O6S/c1-5-40-29(36)26-19(4)31-30-33(27(26)21-8-6-20(7-9-21)18(2)3)28(35)25(41-30)17-22-16-23(34(37)38)10-11-24(22)32-12-14-39-15-13-32/h6-11,16-18,27H,5,12-15H2,1-4H3. The summed E-state index contributed by atoms with van der Waals surface area (Å²) in [4.78, 5) is 45.6. The quantitative estimate of drug-likeness (QED) is 0.239. The number of nitrogens with zero attached hydrogens (tertiary/aromatic N) is 4. The number of fused-ring (bicyclic) bond motifs is 1. The van der Waals surface area contributed by atoms with Crippen LogP contribution in [0.5, 0.6) is 0 Å². The lowest BCUT2D eigenvalue weighted by Crippen LogP contribution is -2.40. The third-order valence-electron chi connectivity index (χ3n) is 7.30. The molecular weight excluding hydrogens is 544 g/mol. The number of esters is 1. The van der Waals surface area contributed by atoms with Gasteiger partial charge in [0, 0.05) is 36.5 Å². The first-order valence-electron chi connectivity index (χ1n) is 13.6. The second-order valence-electron chi connectivity index (χ2n) is 10.2. The number of anilines is 1. The minimum atomic E-state index is -0.725. The van der Waals surface area contributed by atoms with Gasteiger partial charge in [-0.2, -0.15) is 0 Å². The first-order valence-corrected chi connectivity index (χ1v) is 14.4. The van der Waals surface area contributed by atoms with Gasteiger partial charge in [0.05, 0.1) is 46.6 Å². The molecule has 1 atom stereocenters. The van der Waals surface area contributed by atoms with E-state index in [4.69, 9.17) is 9.47 Å². The molecule has 3 heterocycles. The first kappa shape index (κ1) is 28.4. The van der Waals surface area contributed by atoms with E-state index in [2.05, 4.69) is 23.7 Å². The molecule has 0 amide bonds. The van der Waals surface area contributed by atoms with Crippen molar-refractivity contribution in [3.63, 3.8) is 0 Å². The maximum atomic E-state index is 14.1. The Kier molecular flexibility index (Phi) is 8.18. The second kappa shape index (κ2) is 11.8. The van der Waals surface area contributed by atoms with E-state index in [1.807, 2.05) is 24.3 Å². The number of allylic oxidation sites excluding steroid dienone is 1. The fraction of sp³-hybridized carbons (Fsp3) is 0.367. The molecule has 0 saturated carbocycles. The summed E-state index contributed by atoms with van der Waals surface area (Å²) >= 11 is 1.19. The molecule has 1 fully saturated rings. The molecule has 2 aliphatic heterocycles. The van der Waals surface area contributed by atoms with Crippen molar-refractivity contribution in [2.45, 2.75) is 39.7 Å². The van der Waals surface area contributed by atoms with Gasteiger partial charge in [0.1, 0.15) is 0 Å². The number of non-ortho nitro benzene ring substituents is 1. The lowest BCUT2D eigenvalue weighted by atomic mass is 9.93. The second-order valence-corrected chi connectivity index (χ2v) is 11.2. The summed E-state index contributed by atoms with van der Waals surface area (Å²) in [6.07, 6.45) is 1.68. The van der Waals surface area contributed by atoms with E-state index in [9.17, 15) is 19.7 Å². The van der Waals surface area contributed by atoms with Gasteiger partial charge >= 0.3 is 5.97 Å². The van der Waals surface area contributed by atoms with E-state index in [1.165, 1.54) is 28.0 Å². The average Bonchev–Trinajstić information content (AvgIpc) is 3.26. The molecule has 0 radical (unpaired) electrons. The number of benzene rings is 2. The zero-order chi connectivity index (χ0) is 29.3. The predicted molar refractivity (Wildman–Crippen MR) is 157 cm³/mol. The van der Waals surface area contributed by atoms with Gasteiger partial charge in [0.15, 0.2) is 4.80 Å². The third-order valence-corrected chi connectivity index (χ3v) is 8.28. The van der Waals surface area contributed by atoms with Gasteiger partial charge in [0.25, 0.3) is 11.2 Å². The molecule has 1 unspecified atom stereocenters. The van der Waals surface area contributed by atoms with Gasteiger partial charge < -0.3 is 14.4 Å². The zero-order valence-corrected chi connectivity index (χ0v) is 24.3. The summed E-state index contributed by atoms with van der Waals surface area (Å²) in [5, 5.41) is 11.6. The van der Waals surface area contributed by atoms with Crippen molar-refractivity contribution in [3.8, 4) is 0 Å². The number of thiazole rings is 1. The monoisotopic (exact) mass is 576 g/mol. The Morgan fingerprint density at radius 2 is 1.93 bits per heavy atom. The SMILES string of the molecule is CCOC(=O)C1=C(C)N=c2sc(=Cc3cc([N+](=O)[O-])ccc3N3CCOCC3)c(=O)n2C1c1ccc(C(C)C)cc1. The van der Waals surface area contributed by atoms with Crippen LogP contribution in [0.3, 0.4) is 0 Å². The number of aromatic nitrogens is 1. The van der Waals surface area contributed by atoms with Crippen LogP contribution >= 0.6 is 11.3 Å². The van der Waals surface area contributed by atoms with Crippen LogP contribution in [0.1, 0.15) is 56.3 Å². The molecule has 2 aliphatic rings. The van der Waals surface area contributed by atoms with Crippen LogP contribution in [-0.2, 0) is 14.3 Å². The Hall–Kier alpha value is -4.09. The molecule has 0 N–H and O–H groups in total. The highest BCUT2D eigenvalue weighted by molar-refractivity contribution is 7.07. The number of nitro groups is 1. The number of carbonyl (C=O) groups excluding carboxylic acids is 1. The highest BCUT2D eigenvalue weighted by Gasteiger charge is 2.33. The fourth-order valence-corrected chi connectivity index (χ4v) is 6.21. The van der Waals surface area contributed by atoms with Gasteiger partial charge in [-0.05, 0) is 43.0 Å². The summed E-state index contributed by atoms with van der Waals surface area (Å²) in [7, 11) is 0. The first-order chi connectivity index (χ1) is 19.7. The molecule has 41 heavy (non-hydrogen) atoms. The Balaban J connectivity index is 1.70. The van der Waals surface area contributed by atoms with Crippen LogP contribution in [0.15, 0.2) is 63.5 Å². The lowest BCUT2D eigenvalue weighted by molar-refractivity contribution is -0.384. The summed E-state index contributed by atoms with van der Waals surface area (Å²) < 4.78 is 12.8. The van der Waals surface area contributed by atoms with Gasteiger partial charge in [-0.3, -0.25) is 19.5 Å². The van der Waals surface area contributed by atoms with Crippen molar-refractivity contribution >= 4 is 34.8 Å². The summed E-state index contributed by atoms with van der Waals surface area (Å²) in [5.74, 6) is -0.197. The van der Waals surface area contributed by atoms with E-state index in [-0.39, 0.29) is 17.9 Å². The zero-order valence-electron chi connectivity index (χ0n) is 23.5. The molecule has 11 heteroatoms. The normalized spacial score (nSPS) is 17.4. The van der Waals surface area contributed by atoms with E-state index in [1.54, 1.807) is 26.0 Å². The van der Waals surface area contributed by atoms with Crippen molar-refractivity contribution in [1.82, 2.24) is 4.57 Å². The Bertz CT molecular complexity index is 1700. The number of carbonyl (C=O) groups is 1. The predicted octanol–water partition coefficient (Wildman–Crippen LogP) is 3.67. The van der Waals surface area contributed by atoms with Crippen LogP contribution in [0.25, 0.3) is 6.08 Å². The van der Waals surface area contributed by atoms with E-state index >= 15 is 0 Å². The molecular formula is C30H32N4O6S. The van der Waals surface area contributed by atoms with Crippen molar-refractivity contribution in [3.05, 3.63) is 100 Å². The number of rotatable bonds is 7. The maximum Gasteiger partial charge on any atom is 0.338 e. The van der Waals surface area contributed by atoms with Crippen LogP contribution in [0, 0.1) is 10.1 Å². The van der Waals surface area contributed by atoms with Crippen LogP contribution in [0.2, 0.25) is 0 Å². The molecule has 5 rings (SSSR count). The Labute approximate surface area is 241 Å². The van der Waals surface area contributed by atoms with Gasteiger partial charge in [-0.25, -0.2) is 9.79 Å². The van der Waals surface area contributed by atoms with Crippen molar-refractivity contribution in [2.24, 2.45) is 4.99 Å². The molecule has 3 aromatic rings. The van der Waals surface area contributed by atoms with Crippen molar-refractivity contribution < 1.29 is 19.2 Å². The minimum Gasteiger partial charge on any atom is -0.463 e. The van der Waals surface area contributed by atoms with Gasteiger partial charge in [0.2, 0.25) is 0 Å². The number of morpholine rings is 1. The Morgan fingerprint density at radius 1 is 1.22 bits per heavy atom. The fourth-order valence-electron chi connectivity index (χ4n) is 5.17. The number of nitro benzene ring substituents is 1. The number of ether oxygens (including phenoxy) is 2. The highest BCUT2D eigenvalue weighted by Crippen LogP contribution is 2.32. The lowest BCUT2D eigenvalue weighted by Gasteiger charge is -2.30. The van der Waals surface area contributed by atoms with Crippen molar-refractivity contribution in [1.29, 1.82) is 0 Å². The van der Waals surface area contributed by atoms with Gasteiger partial charge in [-0.15, -0.1) is 0 Å². The molecule has 0 aliphatic carbocycles. The van der Waals surface area contributed by atoms with Crippen LogP contribution in [-0.4, -0.2) is 48.4 Å². The molecule has 10 nitrogen and oxygen atoms in total. The smallest absolute Gasteiger partial charge is 0.338 e.